The Morgan fingerprint density at radius 2 is 2.14 bits per heavy atom. The normalized spacial score (nSPS) is 19.2. The second kappa shape index (κ2) is 7.02. The second-order valence-corrected chi connectivity index (χ2v) is 5.21. The maximum absolute atomic E-state index is 12.9. The first kappa shape index (κ1) is 15.9. The van der Waals surface area contributed by atoms with Gasteiger partial charge in [-0.15, -0.1) is 12.4 Å². The molecule has 1 N–H and O–H groups in total. The zero-order chi connectivity index (χ0) is 13.9. The molecule has 0 unspecified atom stereocenters. The fraction of sp³-hybridized carbons (Fsp3) is 0.400. The quantitative estimate of drug-likeness (QED) is 0.946. The predicted molar refractivity (Wildman–Crippen MR) is 81.9 cm³/mol. The van der Waals surface area contributed by atoms with Crippen molar-refractivity contribution in [2.24, 2.45) is 0 Å². The van der Waals surface area contributed by atoms with Crippen molar-refractivity contribution in [1.82, 2.24) is 15.4 Å². The van der Waals surface area contributed by atoms with Gasteiger partial charge in [0.1, 0.15) is 11.5 Å². The van der Waals surface area contributed by atoms with Crippen LogP contribution in [0, 0.1) is 5.82 Å². The molecule has 2 heterocycles. The Balaban J connectivity index is 0.00000161. The molecule has 1 aliphatic heterocycles. The van der Waals surface area contributed by atoms with Gasteiger partial charge in [0.2, 0.25) is 0 Å². The molecular weight excluding hydrogens is 293 g/mol. The van der Waals surface area contributed by atoms with Crippen LogP contribution in [0.1, 0.15) is 12.7 Å². The summed E-state index contributed by atoms with van der Waals surface area (Å²) in [5.41, 5.74) is 1.62. The summed E-state index contributed by atoms with van der Waals surface area (Å²) in [7, 11) is 0. The van der Waals surface area contributed by atoms with Gasteiger partial charge < -0.3 is 9.84 Å². The summed E-state index contributed by atoms with van der Waals surface area (Å²) in [6, 6.07) is 8.71. The Kier molecular flexibility index (Phi) is 5.33. The Labute approximate surface area is 129 Å². The van der Waals surface area contributed by atoms with Crippen molar-refractivity contribution < 1.29 is 8.91 Å². The minimum Gasteiger partial charge on any atom is -0.359 e. The smallest absolute Gasteiger partial charge is 0.151 e. The van der Waals surface area contributed by atoms with Crippen LogP contribution >= 0.6 is 12.4 Å². The first-order valence-electron chi connectivity index (χ1n) is 6.88. The van der Waals surface area contributed by atoms with Gasteiger partial charge in [0.25, 0.3) is 0 Å². The molecule has 1 aromatic carbocycles. The van der Waals surface area contributed by atoms with Gasteiger partial charge in [-0.1, -0.05) is 5.16 Å². The van der Waals surface area contributed by atoms with Crippen LogP contribution in [-0.2, 0) is 6.54 Å². The largest absolute Gasteiger partial charge is 0.359 e. The van der Waals surface area contributed by atoms with Gasteiger partial charge >= 0.3 is 0 Å². The highest BCUT2D eigenvalue weighted by Crippen LogP contribution is 2.20. The van der Waals surface area contributed by atoms with E-state index in [0.29, 0.717) is 6.04 Å². The highest BCUT2D eigenvalue weighted by molar-refractivity contribution is 5.85. The topological polar surface area (TPSA) is 41.3 Å². The standard InChI is InChI=1S/C15H18FN3O.ClH/c1-11-9-17-6-7-19(11)10-14-8-15(18-20-14)12-2-4-13(16)5-3-12;/h2-5,8,11,17H,6-7,9-10H2,1H3;1H/t11-;/m0./s1. The van der Waals surface area contributed by atoms with E-state index in [2.05, 4.69) is 22.3 Å². The van der Waals surface area contributed by atoms with Crippen LogP contribution in [-0.4, -0.2) is 35.7 Å². The van der Waals surface area contributed by atoms with E-state index < -0.39 is 0 Å². The van der Waals surface area contributed by atoms with Crippen molar-refractivity contribution in [2.75, 3.05) is 19.6 Å². The molecule has 114 valence electrons. The summed E-state index contributed by atoms with van der Waals surface area (Å²) in [6.45, 7) is 5.97. The minimum absolute atomic E-state index is 0. The molecule has 4 nitrogen and oxygen atoms in total. The lowest BCUT2D eigenvalue weighted by molar-refractivity contribution is 0.149. The lowest BCUT2D eigenvalue weighted by Gasteiger charge is -2.32. The molecule has 1 aliphatic rings. The van der Waals surface area contributed by atoms with E-state index in [9.17, 15) is 4.39 Å². The third kappa shape index (κ3) is 3.81. The van der Waals surface area contributed by atoms with Crippen LogP contribution in [0.4, 0.5) is 4.39 Å². The van der Waals surface area contributed by atoms with E-state index in [1.54, 1.807) is 12.1 Å². The number of nitrogens with one attached hydrogen (secondary N) is 1. The second-order valence-electron chi connectivity index (χ2n) is 5.21. The van der Waals surface area contributed by atoms with Gasteiger partial charge in [-0.05, 0) is 31.2 Å². The molecule has 0 radical (unpaired) electrons. The van der Waals surface area contributed by atoms with Crippen molar-refractivity contribution in [3.05, 3.63) is 41.9 Å². The van der Waals surface area contributed by atoms with Gasteiger partial charge in [0.15, 0.2) is 5.76 Å². The molecule has 6 heteroatoms. The predicted octanol–water partition coefficient (Wildman–Crippen LogP) is 2.70. The Morgan fingerprint density at radius 3 is 2.86 bits per heavy atom. The zero-order valence-corrected chi connectivity index (χ0v) is 12.7. The van der Waals surface area contributed by atoms with Gasteiger partial charge in [0, 0.05) is 37.3 Å². The van der Waals surface area contributed by atoms with Crippen LogP contribution in [0.2, 0.25) is 0 Å². The summed E-state index contributed by atoms with van der Waals surface area (Å²) < 4.78 is 18.3. The van der Waals surface area contributed by atoms with Crippen molar-refractivity contribution in [1.29, 1.82) is 0 Å². The Hall–Kier alpha value is -1.43. The number of benzene rings is 1. The van der Waals surface area contributed by atoms with E-state index >= 15 is 0 Å². The number of nitrogens with zero attached hydrogens (tertiary/aromatic N) is 2. The molecule has 0 bridgehead atoms. The third-order valence-electron chi connectivity index (χ3n) is 3.70. The van der Waals surface area contributed by atoms with E-state index in [1.807, 2.05) is 6.07 Å². The van der Waals surface area contributed by atoms with Crippen molar-refractivity contribution in [2.45, 2.75) is 19.5 Å². The molecule has 1 atom stereocenters. The molecule has 0 amide bonds. The van der Waals surface area contributed by atoms with Gasteiger partial charge in [-0.2, -0.15) is 0 Å². The van der Waals surface area contributed by atoms with E-state index in [0.717, 1.165) is 43.2 Å². The highest BCUT2D eigenvalue weighted by atomic mass is 35.5. The van der Waals surface area contributed by atoms with Crippen LogP contribution in [0.25, 0.3) is 11.3 Å². The lowest BCUT2D eigenvalue weighted by Crippen LogP contribution is -2.49. The zero-order valence-electron chi connectivity index (χ0n) is 11.9. The van der Waals surface area contributed by atoms with E-state index in [-0.39, 0.29) is 18.2 Å². The Bertz CT molecular complexity index is 573. The van der Waals surface area contributed by atoms with Crippen LogP contribution < -0.4 is 5.32 Å². The SMILES string of the molecule is C[C@H]1CNCCN1Cc1cc(-c2ccc(F)cc2)no1.Cl. The summed E-state index contributed by atoms with van der Waals surface area (Å²) in [5, 5.41) is 7.43. The molecule has 1 fully saturated rings. The summed E-state index contributed by atoms with van der Waals surface area (Å²) in [4.78, 5) is 2.37. The number of piperazine rings is 1. The van der Waals surface area contributed by atoms with Gasteiger partial charge in [-0.3, -0.25) is 4.90 Å². The summed E-state index contributed by atoms with van der Waals surface area (Å²) in [5.74, 6) is 0.602. The number of rotatable bonds is 3. The number of hydrogen-bond acceptors (Lipinski definition) is 4. The first-order valence-corrected chi connectivity index (χ1v) is 6.88. The average molecular weight is 312 g/mol. The fourth-order valence-electron chi connectivity index (χ4n) is 2.46. The third-order valence-corrected chi connectivity index (χ3v) is 3.70. The van der Waals surface area contributed by atoms with E-state index in [1.165, 1.54) is 12.1 Å². The Morgan fingerprint density at radius 1 is 1.38 bits per heavy atom. The highest BCUT2D eigenvalue weighted by Gasteiger charge is 2.19. The fourth-order valence-corrected chi connectivity index (χ4v) is 2.46. The minimum atomic E-state index is -0.243. The molecule has 0 saturated carbocycles. The number of hydrogen-bond donors (Lipinski definition) is 1. The molecule has 1 aromatic heterocycles. The van der Waals surface area contributed by atoms with Crippen LogP contribution in [0.5, 0.6) is 0 Å². The first-order chi connectivity index (χ1) is 9.72. The molecule has 3 rings (SSSR count). The molecule has 0 aliphatic carbocycles. The van der Waals surface area contributed by atoms with Crippen LogP contribution in [0.3, 0.4) is 0 Å². The number of aromatic nitrogens is 1. The van der Waals surface area contributed by atoms with Crippen molar-refractivity contribution in [3.63, 3.8) is 0 Å². The monoisotopic (exact) mass is 311 g/mol. The van der Waals surface area contributed by atoms with E-state index in [4.69, 9.17) is 4.52 Å². The van der Waals surface area contributed by atoms with Crippen molar-refractivity contribution in [3.8, 4) is 11.3 Å². The van der Waals surface area contributed by atoms with Crippen LogP contribution in [0.15, 0.2) is 34.9 Å². The molecule has 1 saturated heterocycles. The maximum Gasteiger partial charge on any atom is 0.151 e. The average Bonchev–Trinajstić information content (AvgIpc) is 2.91. The summed E-state index contributed by atoms with van der Waals surface area (Å²) >= 11 is 0. The van der Waals surface area contributed by atoms with Gasteiger partial charge in [-0.25, -0.2) is 4.39 Å². The maximum atomic E-state index is 12.9. The summed E-state index contributed by atoms with van der Waals surface area (Å²) in [6.07, 6.45) is 0. The molecule has 0 spiro atoms. The molecular formula is C15H19ClFN3O. The molecule has 21 heavy (non-hydrogen) atoms. The van der Waals surface area contributed by atoms with Crippen molar-refractivity contribution >= 4 is 12.4 Å². The number of halogens is 2. The van der Waals surface area contributed by atoms with Gasteiger partial charge in [0.05, 0.1) is 6.54 Å². The molecule has 2 aromatic rings. The lowest BCUT2D eigenvalue weighted by atomic mass is 10.1.